The van der Waals surface area contributed by atoms with Crippen molar-refractivity contribution >= 4 is 39.3 Å². The Morgan fingerprint density at radius 3 is 2.55 bits per heavy atom. The molecule has 0 unspecified atom stereocenters. The Morgan fingerprint density at radius 1 is 1.06 bits per heavy atom. The molecule has 164 valence electrons. The van der Waals surface area contributed by atoms with Gasteiger partial charge in [-0.2, -0.15) is 10.1 Å². The molecule has 1 heterocycles. The van der Waals surface area contributed by atoms with Crippen LogP contribution in [-0.2, 0) is 4.79 Å². The predicted octanol–water partition coefficient (Wildman–Crippen LogP) is 6.61. The molecule has 3 rings (SSSR count). The standard InChI is InChI=1S/C25H29BrN2O3/c1-4-6-7-11-14-31-24-22(26)16-19(17-23(24)30-5-2)15-21-18(3)27-28(25(21)29)20-12-9-8-10-13-20/h8-10,12-13,15-17H,4-7,11,14H2,1-3H3. The van der Waals surface area contributed by atoms with Gasteiger partial charge in [-0.1, -0.05) is 44.4 Å². The molecule has 0 N–H and O–H groups in total. The maximum absolute atomic E-state index is 13.0. The number of unbranched alkanes of at least 4 members (excludes halogenated alkanes) is 3. The van der Waals surface area contributed by atoms with Crippen LogP contribution >= 0.6 is 15.9 Å². The molecule has 1 amide bonds. The number of hydrogen-bond acceptors (Lipinski definition) is 4. The molecule has 1 aliphatic heterocycles. The third kappa shape index (κ3) is 5.76. The lowest BCUT2D eigenvalue weighted by Crippen LogP contribution is -2.21. The van der Waals surface area contributed by atoms with Gasteiger partial charge >= 0.3 is 0 Å². The molecule has 1 aliphatic rings. The number of halogens is 1. The average Bonchev–Trinajstić information content (AvgIpc) is 3.04. The van der Waals surface area contributed by atoms with Crippen LogP contribution in [0, 0.1) is 0 Å². The third-order valence-corrected chi connectivity index (χ3v) is 5.54. The number of amides is 1. The second kappa shape index (κ2) is 11.1. The summed E-state index contributed by atoms with van der Waals surface area (Å²) in [5, 5.41) is 5.88. The number of anilines is 1. The van der Waals surface area contributed by atoms with E-state index in [1.165, 1.54) is 17.9 Å². The summed E-state index contributed by atoms with van der Waals surface area (Å²) in [4.78, 5) is 13.0. The molecule has 6 heteroatoms. The number of hydrogen-bond donors (Lipinski definition) is 0. The number of nitrogens with zero attached hydrogens (tertiary/aromatic N) is 2. The summed E-state index contributed by atoms with van der Waals surface area (Å²) in [6, 6.07) is 13.3. The molecule has 0 aliphatic carbocycles. The maximum atomic E-state index is 13.0. The fourth-order valence-corrected chi connectivity index (χ4v) is 3.95. The van der Waals surface area contributed by atoms with Gasteiger partial charge in [-0.15, -0.1) is 0 Å². The minimum absolute atomic E-state index is 0.144. The molecule has 5 nitrogen and oxygen atoms in total. The monoisotopic (exact) mass is 484 g/mol. The van der Waals surface area contributed by atoms with Crippen LogP contribution in [0.3, 0.4) is 0 Å². The molecule has 31 heavy (non-hydrogen) atoms. The van der Waals surface area contributed by atoms with Gasteiger partial charge in [-0.25, -0.2) is 0 Å². The van der Waals surface area contributed by atoms with Gasteiger partial charge in [0.2, 0.25) is 0 Å². The van der Waals surface area contributed by atoms with Crippen LogP contribution in [0.5, 0.6) is 11.5 Å². The molecule has 2 aromatic rings. The van der Waals surface area contributed by atoms with Crippen LogP contribution in [0.4, 0.5) is 5.69 Å². The molecular formula is C25H29BrN2O3. The van der Waals surface area contributed by atoms with Crippen molar-refractivity contribution in [2.24, 2.45) is 5.10 Å². The van der Waals surface area contributed by atoms with Crippen molar-refractivity contribution in [3.63, 3.8) is 0 Å². The van der Waals surface area contributed by atoms with Crippen molar-refractivity contribution in [2.45, 2.75) is 46.5 Å². The van der Waals surface area contributed by atoms with E-state index in [9.17, 15) is 4.79 Å². The zero-order chi connectivity index (χ0) is 22.2. The third-order valence-electron chi connectivity index (χ3n) is 4.95. The normalized spacial score (nSPS) is 14.8. The summed E-state index contributed by atoms with van der Waals surface area (Å²) >= 11 is 3.62. The molecule has 0 aromatic heterocycles. The molecule has 0 atom stereocenters. The number of carbonyl (C=O) groups excluding carboxylic acids is 1. The fourth-order valence-electron chi connectivity index (χ4n) is 3.37. The van der Waals surface area contributed by atoms with Gasteiger partial charge in [-0.05, 0) is 72.1 Å². The highest BCUT2D eigenvalue weighted by molar-refractivity contribution is 9.10. The molecule has 0 bridgehead atoms. The minimum Gasteiger partial charge on any atom is -0.490 e. The van der Waals surface area contributed by atoms with E-state index in [1.807, 2.05) is 62.4 Å². The Hall–Kier alpha value is -2.60. The van der Waals surface area contributed by atoms with E-state index in [0.717, 1.165) is 28.6 Å². The Balaban J connectivity index is 1.83. The second-order valence-corrected chi connectivity index (χ2v) is 8.22. The summed E-state index contributed by atoms with van der Waals surface area (Å²) in [5.41, 5.74) is 2.84. The van der Waals surface area contributed by atoms with E-state index in [4.69, 9.17) is 9.47 Å². The topological polar surface area (TPSA) is 51.1 Å². The van der Waals surface area contributed by atoms with Crippen molar-refractivity contribution in [3.05, 3.63) is 58.1 Å². The van der Waals surface area contributed by atoms with Crippen molar-refractivity contribution in [3.8, 4) is 11.5 Å². The Labute approximate surface area is 192 Å². The summed E-state index contributed by atoms with van der Waals surface area (Å²) in [6.07, 6.45) is 6.42. The highest BCUT2D eigenvalue weighted by Crippen LogP contribution is 2.38. The summed E-state index contributed by atoms with van der Waals surface area (Å²) in [5.74, 6) is 1.22. The first-order valence-corrected chi connectivity index (χ1v) is 11.6. The highest BCUT2D eigenvalue weighted by Gasteiger charge is 2.28. The summed E-state index contributed by atoms with van der Waals surface area (Å²) in [6.45, 7) is 7.16. The number of ether oxygens (including phenoxy) is 2. The highest BCUT2D eigenvalue weighted by atomic mass is 79.9. The van der Waals surface area contributed by atoms with Gasteiger partial charge in [-0.3, -0.25) is 4.79 Å². The SMILES string of the molecule is CCCCCCOc1c(Br)cc(C=C2C(=O)N(c3ccccc3)N=C2C)cc1OCC. The molecule has 0 spiro atoms. The van der Waals surface area contributed by atoms with Crippen molar-refractivity contribution in [1.82, 2.24) is 0 Å². The lowest BCUT2D eigenvalue weighted by Gasteiger charge is -2.15. The number of carbonyl (C=O) groups is 1. The van der Waals surface area contributed by atoms with Crippen molar-refractivity contribution in [2.75, 3.05) is 18.2 Å². The molecule has 0 radical (unpaired) electrons. The van der Waals surface area contributed by atoms with E-state index < -0.39 is 0 Å². The lowest BCUT2D eigenvalue weighted by atomic mass is 10.1. The smallest absolute Gasteiger partial charge is 0.280 e. The van der Waals surface area contributed by atoms with Gasteiger partial charge in [0.1, 0.15) is 0 Å². The Kier molecular flexibility index (Phi) is 8.29. The largest absolute Gasteiger partial charge is 0.490 e. The van der Waals surface area contributed by atoms with E-state index in [0.29, 0.717) is 36.0 Å². The van der Waals surface area contributed by atoms with Gasteiger partial charge in [0.05, 0.1) is 34.7 Å². The fraction of sp³-hybridized carbons (Fsp3) is 0.360. The second-order valence-electron chi connectivity index (χ2n) is 7.37. The summed E-state index contributed by atoms with van der Waals surface area (Å²) < 4.78 is 12.7. The first-order valence-electron chi connectivity index (χ1n) is 10.8. The quantitative estimate of drug-likeness (QED) is 0.281. The number of benzene rings is 2. The van der Waals surface area contributed by atoms with Crippen molar-refractivity contribution in [1.29, 1.82) is 0 Å². The Bertz CT molecular complexity index is 970. The van der Waals surface area contributed by atoms with E-state index in [1.54, 1.807) is 0 Å². The van der Waals surface area contributed by atoms with Crippen molar-refractivity contribution < 1.29 is 14.3 Å². The van der Waals surface area contributed by atoms with E-state index in [-0.39, 0.29) is 5.91 Å². The van der Waals surface area contributed by atoms with Gasteiger partial charge in [0, 0.05) is 0 Å². The van der Waals surface area contributed by atoms with Crippen LogP contribution in [0.1, 0.15) is 52.0 Å². The van der Waals surface area contributed by atoms with Gasteiger partial charge < -0.3 is 9.47 Å². The van der Waals surface area contributed by atoms with E-state index in [2.05, 4.69) is 28.0 Å². The van der Waals surface area contributed by atoms with Crippen LogP contribution < -0.4 is 14.5 Å². The van der Waals surface area contributed by atoms with Crippen LogP contribution in [0.25, 0.3) is 6.08 Å². The number of para-hydroxylation sites is 1. The number of hydrazone groups is 1. The lowest BCUT2D eigenvalue weighted by molar-refractivity contribution is -0.114. The predicted molar refractivity (Wildman–Crippen MR) is 130 cm³/mol. The summed E-state index contributed by atoms with van der Waals surface area (Å²) in [7, 11) is 0. The van der Waals surface area contributed by atoms with E-state index >= 15 is 0 Å². The molecular weight excluding hydrogens is 456 g/mol. The van der Waals surface area contributed by atoms with Crippen LogP contribution in [0.15, 0.2) is 57.6 Å². The zero-order valence-corrected chi connectivity index (χ0v) is 19.9. The van der Waals surface area contributed by atoms with Gasteiger partial charge in [0.25, 0.3) is 5.91 Å². The van der Waals surface area contributed by atoms with Gasteiger partial charge in [0.15, 0.2) is 11.5 Å². The van der Waals surface area contributed by atoms with Crippen LogP contribution in [0.2, 0.25) is 0 Å². The molecule has 0 fully saturated rings. The maximum Gasteiger partial charge on any atom is 0.280 e. The molecule has 0 saturated heterocycles. The zero-order valence-electron chi connectivity index (χ0n) is 18.4. The molecule has 2 aromatic carbocycles. The average molecular weight is 485 g/mol. The van der Waals surface area contributed by atoms with Crippen LogP contribution in [-0.4, -0.2) is 24.8 Å². The Morgan fingerprint density at radius 2 is 1.84 bits per heavy atom. The first kappa shape index (κ1) is 23.1. The first-order chi connectivity index (χ1) is 15.0. The minimum atomic E-state index is -0.144. The number of rotatable bonds is 10. The molecule has 0 saturated carbocycles.